The van der Waals surface area contributed by atoms with Crippen molar-refractivity contribution >= 4 is 39.3 Å². The first-order valence-electron chi connectivity index (χ1n) is 8.95. The van der Waals surface area contributed by atoms with Gasteiger partial charge in [-0.2, -0.15) is 0 Å². The Morgan fingerprint density at radius 2 is 1.40 bits per heavy atom. The van der Waals surface area contributed by atoms with Crippen LogP contribution in [0.5, 0.6) is 11.5 Å². The number of rotatable bonds is 7. The highest BCUT2D eigenvalue weighted by Gasteiger charge is 2.09. The predicted molar refractivity (Wildman–Crippen MR) is 118 cm³/mol. The Kier molecular flexibility index (Phi) is 7.70. The van der Waals surface area contributed by atoms with Crippen LogP contribution in [0.4, 0.5) is 0 Å². The number of hydrogen-bond donors (Lipinski definition) is 2. The molecule has 0 atom stereocenters. The zero-order valence-corrected chi connectivity index (χ0v) is 18.1. The van der Waals surface area contributed by atoms with Crippen molar-refractivity contribution in [3.63, 3.8) is 0 Å². The molecule has 0 aliphatic rings. The maximum Gasteiger partial charge on any atom is 0.276 e. The van der Waals surface area contributed by atoms with E-state index in [1.807, 2.05) is 42.5 Å². The van der Waals surface area contributed by atoms with E-state index < -0.39 is 11.8 Å². The molecular weight excluding hydrogens is 472 g/mol. The molecule has 3 aromatic carbocycles. The first-order valence-corrected chi connectivity index (χ1v) is 10.1. The summed E-state index contributed by atoms with van der Waals surface area (Å²) in [6.45, 7) is -0.548. The average Bonchev–Trinajstić information content (AvgIpc) is 2.76. The molecule has 0 saturated carbocycles. The lowest BCUT2D eigenvalue weighted by molar-refractivity contribution is -0.131. The van der Waals surface area contributed by atoms with Crippen LogP contribution in [0, 0.1) is 0 Å². The van der Waals surface area contributed by atoms with Gasteiger partial charge in [0.2, 0.25) is 0 Å². The Morgan fingerprint density at radius 3 is 2.03 bits per heavy atom. The molecule has 6 nitrogen and oxygen atoms in total. The van der Waals surface area contributed by atoms with Crippen LogP contribution < -0.4 is 20.3 Å². The summed E-state index contributed by atoms with van der Waals surface area (Å²) >= 11 is 9.30. The third-order valence-electron chi connectivity index (χ3n) is 3.93. The normalized spacial score (nSPS) is 10.2. The van der Waals surface area contributed by atoms with Crippen LogP contribution in [-0.2, 0) is 9.59 Å². The number of halogens is 2. The Labute approximate surface area is 187 Å². The summed E-state index contributed by atoms with van der Waals surface area (Å²) in [4.78, 5) is 23.7. The second-order valence-electron chi connectivity index (χ2n) is 6.14. The Balaban J connectivity index is 1.38. The zero-order chi connectivity index (χ0) is 21.3. The van der Waals surface area contributed by atoms with E-state index >= 15 is 0 Å². The van der Waals surface area contributed by atoms with Crippen LogP contribution in [-0.4, -0.2) is 25.0 Å². The van der Waals surface area contributed by atoms with Gasteiger partial charge in [-0.25, -0.2) is 0 Å². The van der Waals surface area contributed by atoms with Gasteiger partial charge in [0.1, 0.15) is 11.5 Å². The molecule has 0 aliphatic carbocycles. The molecule has 0 fully saturated rings. The molecule has 0 heterocycles. The predicted octanol–water partition coefficient (Wildman–Crippen LogP) is 4.37. The average molecular weight is 490 g/mol. The topological polar surface area (TPSA) is 76.7 Å². The van der Waals surface area contributed by atoms with Crippen molar-refractivity contribution in [3.8, 4) is 22.6 Å². The summed E-state index contributed by atoms with van der Waals surface area (Å²) in [7, 11) is 0. The van der Waals surface area contributed by atoms with Crippen molar-refractivity contribution in [1.82, 2.24) is 10.9 Å². The van der Waals surface area contributed by atoms with Gasteiger partial charge >= 0.3 is 0 Å². The molecule has 0 unspecified atom stereocenters. The van der Waals surface area contributed by atoms with Gasteiger partial charge in [-0.3, -0.25) is 20.4 Å². The monoisotopic (exact) mass is 488 g/mol. The molecule has 3 aromatic rings. The highest BCUT2D eigenvalue weighted by Crippen LogP contribution is 2.27. The first-order chi connectivity index (χ1) is 14.5. The van der Waals surface area contributed by atoms with E-state index in [4.69, 9.17) is 21.1 Å². The van der Waals surface area contributed by atoms with E-state index in [1.165, 1.54) is 0 Å². The van der Waals surface area contributed by atoms with Gasteiger partial charge in [-0.05, 0) is 41.5 Å². The molecule has 2 amide bonds. The van der Waals surface area contributed by atoms with Crippen LogP contribution >= 0.6 is 27.5 Å². The largest absolute Gasteiger partial charge is 0.484 e. The summed E-state index contributed by atoms with van der Waals surface area (Å²) < 4.78 is 11.5. The quantitative estimate of drug-likeness (QED) is 0.483. The highest BCUT2D eigenvalue weighted by molar-refractivity contribution is 9.10. The van der Waals surface area contributed by atoms with Crippen LogP contribution in [0.2, 0.25) is 5.02 Å². The van der Waals surface area contributed by atoms with Crippen LogP contribution in [0.3, 0.4) is 0 Å². The number of hydrazine groups is 1. The van der Waals surface area contributed by atoms with E-state index in [0.717, 1.165) is 15.6 Å². The number of ether oxygens (including phenoxy) is 2. The van der Waals surface area contributed by atoms with Crippen molar-refractivity contribution < 1.29 is 19.1 Å². The van der Waals surface area contributed by atoms with Crippen LogP contribution in [0.15, 0.2) is 77.3 Å². The highest BCUT2D eigenvalue weighted by atomic mass is 79.9. The summed E-state index contributed by atoms with van der Waals surface area (Å²) in [5.41, 5.74) is 6.66. The number of nitrogens with one attached hydrogen (secondary N) is 2. The SMILES string of the molecule is O=C(COc1ccc(-c2ccccc2)cc1)NNC(=O)COc1ccc(Br)cc1Cl. The van der Waals surface area contributed by atoms with Gasteiger partial charge in [0.25, 0.3) is 11.8 Å². The lowest BCUT2D eigenvalue weighted by atomic mass is 10.1. The summed E-state index contributed by atoms with van der Waals surface area (Å²) in [5, 5.41) is 0.368. The van der Waals surface area contributed by atoms with E-state index in [2.05, 4.69) is 26.8 Å². The number of carbonyl (C=O) groups is 2. The lowest BCUT2D eigenvalue weighted by Gasteiger charge is -2.11. The van der Waals surface area contributed by atoms with E-state index in [0.29, 0.717) is 16.5 Å². The van der Waals surface area contributed by atoms with Crippen molar-refractivity contribution in [1.29, 1.82) is 0 Å². The van der Waals surface area contributed by atoms with Crippen molar-refractivity contribution in [2.24, 2.45) is 0 Å². The Hall–Kier alpha value is -3.03. The standard InChI is InChI=1S/C22H18BrClN2O4/c23-17-8-11-20(19(24)12-17)30-14-22(28)26-25-21(27)13-29-18-9-6-16(7-10-18)15-4-2-1-3-5-15/h1-12H,13-14H2,(H,25,27)(H,26,28). The van der Waals surface area contributed by atoms with Crippen LogP contribution in [0.1, 0.15) is 0 Å². The third-order valence-corrected chi connectivity index (χ3v) is 4.71. The fraction of sp³-hybridized carbons (Fsp3) is 0.0909. The van der Waals surface area contributed by atoms with Gasteiger partial charge in [0.05, 0.1) is 5.02 Å². The minimum atomic E-state index is -0.533. The van der Waals surface area contributed by atoms with Gasteiger partial charge in [0, 0.05) is 4.47 Å². The van der Waals surface area contributed by atoms with Crippen LogP contribution in [0.25, 0.3) is 11.1 Å². The maximum absolute atomic E-state index is 11.9. The maximum atomic E-state index is 11.9. The van der Waals surface area contributed by atoms with Gasteiger partial charge < -0.3 is 9.47 Å². The molecule has 8 heteroatoms. The summed E-state index contributed by atoms with van der Waals surface area (Å²) in [6, 6.07) is 22.3. The number of amides is 2. The van der Waals surface area contributed by atoms with Crippen molar-refractivity contribution in [2.75, 3.05) is 13.2 Å². The molecule has 0 bridgehead atoms. The summed E-state index contributed by atoms with van der Waals surface area (Å²) in [5.74, 6) is -0.125. The molecule has 30 heavy (non-hydrogen) atoms. The van der Waals surface area contributed by atoms with E-state index in [9.17, 15) is 9.59 Å². The zero-order valence-electron chi connectivity index (χ0n) is 15.7. The fourth-order valence-electron chi connectivity index (χ4n) is 2.47. The molecule has 0 radical (unpaired) electrons. The Bertz CT molecular complexity index is 1010. The molecule has 3 rings (SSSR count). The summed E-state index contributed by atoms with van der Waals surface area (Å²) in [6.07, 6.45) is 0. The number of hydrogen-bond acceptors (Lipinski definition) is 4. The smallest absolute Gasteiger partial charge is 0.276 e. The Morgan fingerprint density at radius 1 is 0.800 bits per heavy atom. The van der Waals surface area contributed by atoms with Gasteiger partial charge in [-0.1, -0.05) is 70.0 Å². The fourth-order valence-corrected chi connectivity index (χ4v) is 3.20. The minimum absolute atomic E-state index is 0.246. The first kappa shape index (κ1) is 21.7. The third kappa shape index (κ3) is 6.50. The van der Waals surface area contributed by atoms with Gasteiger partial charge in [0.15, 0.2) is 13.2 Å². The molecule has 0 aromatic heterocycles. The molecule has 0 spiro atoms. The molecule has 2 N–H and O–H groups in total. The number of benzene rings is 3. The number of carbonyl (C=O) groups excluding carboxylic acids is 2. The minimum Gasteiger partial charge on any atom is -0.484 e. The van der Waals surface area contributed by atoms with E-state index in [1.54, 1.807) is 30.3 Å². The molecule has 0 saturated heterocycles. The van der Waals surface area contributed by atoms with E-state index in [-0.39, 0.29) is 13.2 Å². The van der Waals surface area contributed by atoms with Gasteiger partial charge in [-0.15, -0.1) is 0 Å². The lowest BCUT2D eigenvalue weighted by Crippen LogP contribution is -2.45. The molecule has 0 aliphatic heterocycles. The van der Waals surface area contributed by atoms with Crippen molar-refractivity contribution in [3.05, 3.63) is 82.3 Å². The van der Waals surface area contributed by atoms with Crippen molar-refractivity contribution in [2.45, 2.75) is 0 Å². The second kappa shape index (κ2) is 10.7. The second-order valence-corrected chi connectivity index (χ2v) is 7.46. The molecule has 154 valence electrons. The molecular formula is C22H18BrClN2O4.